The van der Waals surface area contributed by atoms with Crippen LogP contribution in [-0.4, -0.2) is 76.6 Å². The standard InChI is InChI=1S/C31H36N6O3S/c1-31(2,29(39)33-25-10-12-26(13-11-25)35-15-17-40-18-16-35)37(20-23-7-6-14-32-19-23)28(38)22-36-21-27(34-30(36)41)24-8-4-3-5-9-24/h3-14,19,27H,15-18,20-22H2,1-2H3,(H,33,39)(H,34,41). The highest BCUT2D eigenvalue weighted by atomic mass is 32.1. The number of carbonyl (C=O) groups is 2. The van der Waals surface area contributed by atoms with Crippen LogP contribution in [0.1, 0.15) is 31.0 Å². The number of nitrogens with one attached hydrogen (secondary N) is 2. The fraction of sp³-hybridized carbons (Fsp3) is 0.355. The van der Waals surface area contributed by atoms with Gasteiger partial charge >= 0.3 is 0 Å². The molecular formula is C31H36N6O3S. The molecule has 10 heteroatoms. The van der Waals surface area contributed by atoms with Crippen molar-refractivity contribution in [1.82, 2.24) is 20.1 Å². The smallest absolute Gasteiger partial charge is 0.249 e. The van der Waals surface area contributed by atoms with E-state index in [0.29, 0.717) is 30.6 Å². The Morgan fingerprint density at radius 3 is 2.49 bits per heavy atom. The molecule has 2 saturated heterocycles. The molecule has 3 heterocycles. The van der Waals surface area contributed by atoms with Crippen molar-refractivity contribution in [3.8, 4) is 0 Å². The summed E-state index contributed by atoms with van der Waals surface area (Å²) in [5.41, 5.74) is 2.54. The van der Waals surface area contributed by atoms with Crippen LogP contribution in [0, 0.1) is 0 Å². The number of rotatable bonds is 9. The summed E-state index contributed by atoms with van der Waals surface area (Å²) < 4.78 is 5.44. The van der Waals surface area contributed by atoms with Gasteiger partial charge in [0.2, 0.25) is 11.8 Å². The third-order valence-corrected chi connectivity index (χ3v) is 7.99. The molecule has 2 amide bonds. The fourth-order valence-electron chi connectivity index (χ4n) is 5.10. The minimum Gasteiger partial charge on any atom is -0.378 e. The highest BCUT2D eigenvalue weighted by Crippen LogP contribution is 2.25. The molecule has 2 aliphatic rings. The number of hydrogen-bond acceptors (Lipinski definition) is 6. The number of pyridine rings is 1. The summed E-state index contributed by atoms with van der Waals surface area (Å²) in [7, 11) is 0. The van der Waals surface area contributed by atoms with E-state index >= 15 is 0 Å². The van der Waals surface area contributed by atoms with E-state index < -0.39 is 5.54 Å². The molecule has 214 valence electrons. The molecule has 0 radical (unpaired) electrons. The Bertz CT molecular complexity index is 1350. The van der Waals surface area contributed by atoms with Crippen LogP contribution in [0.25, 0.3) is 0 Å². The topological polar surface area (TPSA) is 90.0 Å². The van der Waals surface area contributed by atoms with Crippen molar-refractivity contribution in [2.75, 3.05) is 49.6 Å². The number of amides is 2. The van der Waals surface area contributed by atoms with Crippen LogP contribution in [0.15, 0.2) is 79.1 Å². The van der Waals surface area contributed by atoms with Crippen molar-refractivity contribution >= 4 is 40.5 Å². The highest BCUT2D eigenvalue weighted by molar-refractivity contribution is 7.80. The van der Waals surface area contributed by atoms with Crippen LogP contribution < -0.4 is 15.5 Å². The third kappa shape index (κ3) is 6.83. The largest absolute Gasteiger partial charge is 0.378 e. The van der Waals surface area contributed by atoms with Gasteiger partial charge in [-0.25, -0.2) is 0 Å². The SMILES string of the molecule is CC(C)(C(=O)Nc1ccc(N2CCOCC2)cc1)N(Cc1cccnc1)C(=O)CN1CC(c2ccccc2)NC1=S. The zero-order valence-electron chi connectivity index (χ0n) is 23.5. The molecule has 2 aliphatic heterocycles. The Morgan fingerprint density at radius 1 is 1.07 bits per heavy atom. The average Bonchev–Trinajstić information content (AvgIpc) is 3.37. The van der Waals surface area contributed by atoms with E-state index in [1.807, 2.05) is 71.6 Å². The van der Waals surface area contributed by atoms with Gasteiger partial charge in [0.25, 0.3) is 0 Å². The van der Waals surface area contributed by atoms with E-state index in [1.165, 1.54) is 0 Å². The lowest BCUT2D eigenvalue weighted by Gasteiger charge is -2.38. The first-order valence-electron chi connectivity index (χ1n) is 13.9. The number of ether oxygens (including phenoxy) is 1. The van der Waals surface area contributed by atoms with E-state index in [-0.39, 0.29) is 30.9 Å². The summed E-state index contributed by atoms with van der Waals surface area (Å²) in [4.78, 5) is 37.5. The molecule has 2 aromatic carbocycles. The fourth-order valence-corrected chi connectivity index (χ4v) is 5.39. The molecule has 0 spiro atoms. The lowest BCUT2D eigenvalue weighted by molar-refractivity contribution is -0.144. The van der Waals surface area contributed by atoms with E-state index in [1.54, 1.807) is 31.1 Å². The third-order valence-electron chi connectivity index (χ3n) is 7.61. The molecule has 2 N–H and O–H groups in total. The summed E-state index contributed by atoms with van der Waals surface area (Å²) in [6.07, 6.45) is 3.40. The van der Waals surface area contributed by atoms with Crippen LogP contribution >= 0.6 is 12.2 Å². The summed E-state index contributed by atoms with van der Waals surface area (Å²) >= 11 is 5.59. The molecular weight excluding hydrogens is 536 g/mol. The second-order valence-corrected chi connectivity index (χ2v) is 11.2. The van der Waals surface area contributed by atoms with Gasteiger partial charge in [-0.15, -0.1) is 0 Å². The number of anilines is 2. The number of hydrogen-bond donors (Lipinski definition) is 2. The van der Waals surface area contributed by atoms with Crippen molar-refractivity contribution in [3.05, 3.63) is 90.3 Å². The van der Waals surface area contributed by atoms with Crippen LogP contribution in [0.5, 0.6) is 0 Å². The molecule has 5 rings (SSSR count). The van der Waals surface area contributed by atoms with Gasteiger partial charge in [0, 0.05) is 49.9 Å². The summed E-state index contributed by atoms with van der Waals surface area (Å²) in [5, 5.41) is 6.87. The quantitative estimate of drug-likeness (QED) is 0.376. The average molecular weight is 573 g/mol. The van der Waals surface area contributed by atoms with Crippen molar-refractivity contribution in [3.63, 3.8) is 0 Å². The second kappa shape index (κ2) is 12.7. The maximum atomic E-state index is 13.9. The predicted octanol–water partition coefficient (Wildman–Crippen LogP) is 3.60. The monoisotopic (exact) mass is 572 g/mol. The highest BCUT2D eigenvalue weighted by Gasteiger charge is 2.39. The Labute approximate surface area is 246 Å². The van der Waals surface area contributed by atoms with Gasteiger partial charge in [0.05, 0.1) is 25.8 Å². The molecule has 9 nitrogen and oxygen atoms in total. The van der Waals surface area contributed by atoms with Crippen molar-refractivity contribution < 1.29 is 14.3 Å². The molecule has 1 atom stereocenters. The number of carbonyl (C=O) groups excluding carboxylic acids is 2. The molecule has 1 aromatic heterocycles. The Morgan fingerprint density at radius 2 is 1.80 bits per heavy atom. The van der Waals surface area contributed by atoms with E-state index in [9.17, 15) is 9.59 Å². The normalized spacial score (nSPS) is 17.2. The lowest BCUT2D eigenvalue weighted by Crippen LogP contribution is -2.57. The van der Waals surface area contributed by atoms with E-state index in [4.69, 9.17) is 17.0 Å². The van der Waals surface area contributed by atoms with Crippen molar-refractivity contribution in [1.29, 1.82) is 0 Å². The van der Waals surface area contributed by atoms with Gasteiger partial charge < -0.3 is 30.1 Å². The molecule has 0 aliphatic carbocycles. The van der Waals surface area contributed by atoms with Crippen LogP contribution in [0.3, 0.4) is 0 Å². The number of thiocarbonyl (C=S) groups is 1. The maximum Gasteiger partial charge on any atom is 0.249 e. The van der Waals surface area contributed by atoms with Gasteiger partial charge in [-0.3, -0.25) is 14.6 Å². The lowest BCUT2D eigenvalue weighted by atomic mass is 9.99. The minimum atomic E-state index is -1.16. The first kappa shape index (κ1) is 28.5. The van der Waals surface area contributed by atoms with Crippen molar-refractivity contribution in [2.24, 2.45) is 0 Å². The van der Waals surface area contributed by atoms with Gasteiger partial charge in [-0.1, -0.05) is 36.4 Å². The molecule has 1 unspecified atom stereocenters. The molecule has 0 bridgehead atoms. The van der Waals surface area contributed by atoms with Crippen LogP contribution in [0.4, 0.5) is 11.4 Å². The predicted molar refractivity (Wildman–Crippen MR) is 163 cm³/mol. The summed E-state index contributed by atoms with van der Waals surface area (Å²) in [6.45, 7) is 7.49. The first-order valence-corrected chi connectivity index (χ1v) is 14.3. The first-order chi connectivity index (χ1) is 19.8. The minimum absolute atomic E-state index is 0.0000151. The molecule has 41 heavy (non-hydrogen) atoms. The summed E-state index contributed by atoms with van der Waals surface area (Å²) in [6, 6.07) is 21.5. The molecule has 0 saturated carbocycles. The Hall–Kier alpha value is -4.02. The zero-order chi connectivity index (χ0) is 28.8. The van der Waals surface area contributed by atoms with Crippen molar-refractivity contribution in [2.45, 2.75) is 32.0 Å². The Balaban J connectivity index is 1.30. The maximum absolute atomic E-state index is 13.9. The van der Waals surface area contributed by atoms with E-state index in [2.05, 4.69) is 20.5 Å². The number of nitrogens with zero attached hydrogens (tertiary/aromatic N) is 4. The van der Waals surface area contributed by atoms with Gasteiger partial charge in [0.15, 0.2) is 5.11 Å². The Kier molecular flexibility index (Phi) is 8.80. The van der Waals surface area contributed by atoms with Gasteiger partial charge in [-0.2, -0.15) is 0 Å². The zero-order valence-corrected chi connectivity index (χ0v) is 24.3. The summed E-state index contributed by atoms with van der Waals surface area (Å²) in [5.74, 6) is -0.479. The second-order valence-electron chi connectivity index (χ2n) is 10.8. The van der Waals surface area contributed by atoms with Crippen LogP contribution in [0.2, 0.25) is 0 Å². The molecule has 2 fully saturated rings. The molecule has 3 aromatic rings. The van der Waals surface area contributed by atoms with Crippen LogP contribution in [-0.2, 0) is 20.9 Å². The number of aromatic nitrogens is 1. The van der Waals surface area contributed by atoms with Gasteiger partial charge in [-0.05, 0) is 67.5 Å². The number of benzene rings is 2. The number of morpholine rings is 1. The van der Waals surface area contributed by atoms with E-state index in [0.717, 1.165) is 29.9 Å². The van der Waals surface area contributed by atoms with Gasteiger partial charge in [0.1, 0.15) is 5.54 Å².